The van der Waals surface area contributed by atoms with Crippen LogP contribution < -0.4 is 4.90 Å². The third-order valence-electron chi connectivity index (χ3n) is 5.21. The Labute approximate surface area is 176 Å². The zero-order chi connectivity index (χ0) is 20.8. The summed E-state index contributed by atoms with van der Waals surface area (Å²) in [6.07, 6.45) is 0.212. The fraction of sp³-hybridized carbons (Fsp3) is 0.154. The number of carbonyl (C=O) groups is 1. The van der Waals surface area contributed by atoms with Crippen LogP contribution in [-0.4, -0.2) is 18.1 Å². The van der Waals surface area contributed by atoms with Gasteiger partial charge in [0.25, 0.3) is 0 Å². The normalized spacial score (nSPS) is 11.8. The minimum absolute atomic E-state index is 0.212. The molecule has 3 aromatic carbocycles. The van der Waals surface area contributed by atoms with Gasteiger partial charge in [-0.25, -0.2) is 0 Å². The number of aromatic nitrogens is 1. The number of anilines is 1. The van der Waals surface area contributed by atoms with Crippen molar-refractivity contribution in [2.24, 2.45) is 0 Å². The molecule has 0 aliphatic heterocycles. The number of hydrogen-bond acceptors (Lipinski definition) is 4. The number of benzene rings is 3. The Morgan fingerprint density at radius 3 is 2.27 bits per heavy atom. The molecule has 4 rings (SSSR count). The molecular weight excluding hydrogens is 372 g/mol. The van der Waals surface area contributed by atoms with Crippen LogP contribution in [-0.2, 0) is 16.1 Å². The molecule has 4 aromatic rings. The molecule has 4 heteroatoms. The van der Waals surface area contributed by atoms with Gasteiger partial charge in [0.05, 0.1) is 30.8 Å². The highest BCUT2D eigenvalue weighted by molar-refractivity contribution is 5.79. The van der Waals surface area contributed by atoms with Crippen molar-refractivity contribution < 1.29 is 9.53 Å². The van der Waals surface area contributed by atoms with E-state index in [0.717, 1.165) is 27.8 Å². The van der Waals surface area contributed by atoms with Gasteiger partial charge in [0, 0.05) is 17.6 Å². The monoisotopic (exact) mass is 396 g/mol. The summed E-state index contributed by atoms with van der Waals surface area (Å²) in [7, 11) is 1.43. The van der Waals surface area contributed by atoms with E-state index in [0.29, 0.717) is 6.54 Å². The fourth-order valence-corrected chi connectivity index (χ4v) is 3.66. The first-order valence-corrected chi connectivity index (χ1v) is 10.0. The second-order valence-electron chi connectivity index (χ2n) is 7.17. The summed E-state index contributed by atoms with van der Waals surface area (Å²) in [5, 5.41) is 1.08. The molecule has 0 saturated carbocycles. The number of para-hydroxylation sites is 2. The number of carbonyl (C=O) groups excluding carboxylic acids is 1. The third-order valence-corrected chi connectivity index (χ3v) is 5.21. The van der Waals surface area contributed by atoms with Gasteiger partial charge in [-0.1, -0.05) is 72.8 Å². The van der Waals surface area contributed by atoms with Crippen LogP contribution >= 0.6 is 0 Å². The predicted molar refractivity (Wildman–Crippen MR) is 120 cm³/mol. The van der Waals surface area contributed by atoms with Gasteiger partial charge in [-0.05, 0) is 29.8 Å². The van der Waals surface area contributed by atoms with Crippen LogP contribution in [0.3, 0.4) is 0 Å². The molecule has 0 N–H and O–H groups in total. The average molecular weight is 396 g/mol. The van der Waals surface area contributed by atoms with Crippen LogP contribution in [0.5, 0.6) is 0 Å². The van der Waals surface area contributed by atoms with E-state index >= 15 is 0 Å². The van der Waals surface area contributed by atoms with Crippen LogP contribution in [0.2, 0.25) is 0 Å². The Morgan fingerprint density at radius 1 is 0.867 bits per heavy atom. The Bertz CT molecular complexity index is 1110. The number of methoxy groups -OCH3 is 1. The highest BCUT2D eigenvalue weighted by atomic mass is 16.5. The zero-order valence-electron chi connectivity index (χ0n) is 16.9. The van der Waals surface area contributed by atoms with Crippen molar-refractivity contribution in [2.75, 3.05) is 12.0 Å². The Kier molecular flexibility index (Phi) is 6.04. The molecule has 0 spiro atoms. The fourth-order valence-electron chi connectivity index (χ4n) is 3.66. The molecule has 1 atom stereocenters. The number of pyridine rings is 1. The SMILES string of the molecule is COC(=O)CC(c1ccc2ccccc2n1)N(Cc1ccccc1)c1ccccc1. The summed E-state index contributed by atoms with van der Waals surface area (Å²) >= 11 is 0. The van der Waals surface area contributed by atoms with Gasteiger partial charge < -0.3 is 9.64 Å². The van der Waals surface area contributed by atoms with Crippen molar-refractivity contribution in [3.8, 4) is 0 Å². The quantitative estimate of drug-likeness (QED) is 0.384. The molecule has 0 bridgehead atoms. The molecule has 150 valence electrons. The number of rotatable bonds is 7. The van der Waals surface area contributed by atoms with Crippen LogP contribution in [0.15, 0.2) is 97.1 Å². The first kappa shape index (κ1) is 19.6. The van der Waals surface area contributed by atoms with Crippen LogP contribution in [0.4, 0.5) is 5.69 Å². The molecule has 0 amide bonds. The van der Waals surface area contributed by atoms with E-state index in [1.54, 1.807) is 0 Å². The Balaban J connectivity index is 1.80. The lowest BCUT2D eigenvalue weighted by Gasteiger charge is -2.33. The van der Waals surface area contributed by atoms with Crippen molar-refractivity contribution in [1.82, 2.24) is 4.98 Å². The molecule has 4 nitrogen and oxygen atoms in total. The Morgan fingerprint density at radius 2 is 1.53 bits per heavy atom. The summed E-state index contributed by atoms with van der Waals surface area (Å²) in [6, 6.07) is 32.2. The summed E-state index contributed by atoms with van der Waals surface area (Å²) < 4.78 is 5.03. The second-order valence-corrected chi connectivity index (χ2v) is 7.17. The first-order valence-electron chi connectivity index (χ1n) is 10.0. The number of nitrogens with zero attached hydrogens (tertiary/aromatic N) is 2. The lowest BCUT2D eigenvalue weighted by atomic mass is 10.0. The highest BCUT2D eigenvalue weighted by Crippen LogP contribution is 2.32. The van der Waals surface area contributed by atoms with Crippen molar-refractivity contribution in [3.63, 3.8) is 0 Å². The van der Waals surface area contributed by atoms with E-state index in [4.69, 9.17) is 9.72 Å². The van der Waals surface area contributed by atoms with Gasteiger partial charge in [-0.3, -0.25) is 9.78 Å². The minimum atomic E-state index is -0.260. The molecule has 0 aliphatic carbocycles. The number of hydrogen-bond donors (Lipinski definition) is 0. The maximum atomic E-state index is 12.4. The van der Waals surface area contributed by atoms with Gasteiger partial charge in [0.15, 0.2) is 0 Å². The zero-order valence-corrected chi connectivity index (χ0v) is 16.9. The Hall–Kier alpha value is -3.66. The van der Waals surface area contributed by atoms with Crippen LogP contribution in [0.1, 0.15) is 23.7 Å². The third kappa shape index (κ3) is 4.49. The van der Waals surface area contributed by atoms with E-state index in [-0.39, 0.29) is 18.4 Å². The highest BCUT2D eigenvalue weighted by Gasteiger charge is 2.26. The van der Waals surface area contributed by atoms with Crippen molar-refractivity contribution >= 4 is 22.6 Å². The number of fused-ring (bicyclic) bond motifs is 1. The lowest BCUT2D eigenvalue weighted by Crippen LogP contribution is -2.31. The van der Waals surface area contributed by atoms with Gasteiger partial charge in [0.1, 0.15) is 0 Å². The minimum Gasteiger partial charge on any atom is -0.469 e. The van der Waals surface area contributed by atoms with E-state index < -0.39 is 0 Å². The predicted octanol–water partition coefficient (Wildman–Crippen LogP) is 5.55. The van der Waals surface area contributed by atoms with E-state index in [9.17, 15) is 4.79 Å². The van der Waals surface area contributed by atoms with Crippen molar-refractivity contribution in [3.05, 3.63) is 108 Å². The number of esters is 1. The molecule has 1 aromatic heterocycles. The molecule has 30 heavy (non-hydrogen) atoms. The maximum absolute atomic E-state index is 12.4. The summed E-state index contributed by atoms with van der Waals surface area (Å²) in [5.74, 6) is -0.260. The maximum Gasteiger partial charge on any atom is 0.308 e. The molecule has 0 fully saturated rings. The van der Waals surface area contributed by atoms with E-state index in [1.165, 1.54) is 7.11 Å². The van der Waals surface area contributed by atoms with Gasteiger partial charge >= 0.3 is 5.97 Å². The van der Waals surface area contributed by atoms with Crippen LogP contribution in [0.25, 0.3) is 10.9 Å². The number of ether oxygens (including phenoxy) is 1. The smallest absolute Gasteiger partial charge is 0.308 e. The molecule has 1 unspecified atom stereocenters. The molecule has 0 aliphatic rings. The average Bonchev–Trinajstić information content (AvgIpc) is 2.82. The van der Waals surface area contributed by atoms with Gasteiger partial charge in [0.2, 0.25) is 0 Å². The standard InChI is InChI=1S/C26H24N2O2/c1-30-26(29)18-25(24-17-16-21-12-8-9-15-23(21)27-24)28(22-13-6-3-7-14-22)19-20-10-4-2-5-11-20/h2-17,25H,18-19H2,1H3. The first-order chi connectivity index (χ1) is 14.7. The summed E-state index contributed by atoms with van der Waals surface area (Å²) in [4.78, 5) is 19.5. The van der Waals surface area contributed by atoms with Gasteiger partial charge in [-0.2, -0.15) is 0 Å². The molecular formula is C26H24N2O2. The molecule has 0 radical (unpaired) electrons. The summed E-state index contributed by atoms with van der Waals surface area (Å²) in [6.45, 7) is 0.654. The topological polar surface area (TPSA) is 42.4 Å². The van der Waals surface area contributed by atoms with E-state index in [2.05, 4.69) is 35.2 Å². The second kappa shape index (κ2) is 9.23. The molecule has 1 heterocycles. The van der Waals surface area contributed by atoms with E-state index in [1.807, 2.05) is 66.7 Å². The van der Waals surface area contributed by atoms with Gasteiger partial charge in [-0.15, -0.1) is 0 Å². The van der Waals surface area contributed by atoms with Crippen molar-refractivity contribution in [1.29, 1.82) is 0 Å². The van der Waals surface area contributed by atoms with Crippen molar-refractivity contribution in [2.45, 2.75) is 19.0 Å². The lowest BCUT2D eigenvalue weighted by molar-refractivity contribution is -0.141. The van der Waals surface area contributed by atoms with Crippen LogP contribution in [0, 0.1) is 0 Å². The largest absolute Gasteiger partial charge is 0.469 e. The summed E-state index contributed by atoms with van der Waals surface area (Å²) in [5.41, 5.74) is 3.96. The molecule has 0 saturated heterocycles.